The standard InChI is InChI=1S/C37H34N6O8/c1-48-26-16-12-24(13-17-26)37(23-8-4-3-5-9-23,25-14-18-27(49-2)19-15-25)50-21-31-30(44)20-32(51-31)42-22-38-33-34(42)40-36(41-35(33)45)39-28-10-6-7-11-29(28)43(46)47/h3-19,22,30-32,44H,20-21H2,1-2H3,(H2,39,40,41,45)/t30-,31+,32+/m0/s1. The minimum Gasteiger partial charge on any atom is -0.497 e. The van der Waals surface area contributed by atoms with Crippen molar-refractivity contribution in [3.8, 4) is 11.5 Å². The van der Waals surface area contributed by atoms with Crippen molar-refractivity contribution >= 4 is 28.5 Å². The van der Waals surface area contributed by atoms with E-state index < -0.39 is 34.5 Å². The molecule has 0 unspecified atom stereocenters. The zero-order chi connectivity index (χ0) is 35.5. The van der Waals surface area contributed by atoms with Crippen molar-refractivity contribution in [2.75, 3.05) is 26.1 Å². The summed E-state index contributed by atoms with van der Waals surface area (Å²) in [4.78, 5) is 35.4. The molecule has 7 rings (SSSR count). The fourth-order valence-electron chi connectivity index (χ4n) is 6.38. The molecular weight excluding hydrogens is 656 g/mol. The number of aromatic amines is 1. The van der Waals surface area contributed by atoms with E-state index in [1.165, 1.54) is 18.5 Å². The van der Waals surface area contributed by atoms with Gasteiger partial charge in [0.15, 0.2) is 11.2 Å². The average Bonchev–Trinajstić information content (AvgIpc) is 3.76. The number of H-pyrrole nitrogens is 1. The SMILES string of the molecule is COc1ccc(C(OC[C@H]2O[C@@H](n3cnc4c(=O)[nH]c(Nc5ccccc5[N+](=O)[O-])nc43)C[C@@H]2O)(c2ccccc2)c2ccc(OC)cc2)cc1. The number of aliphatic hydroxyl groups excluding tert-OH is 1. The monoisotopic (exact) mass is 690 g/mol. The Hall–Kier alpha value is -6.09. The number of nitrogens with one attached hydrogen (secondary N) is 2. The van der Waals surface area contributed by atoms with Gasteiger partial charge in [0.1, 0.15) is 35.1 Å². The minimum absolute atomic E-state index is 0.0181. The van der Waals surface area contributed by atoms with Crippen molar-refractivity contribution in [1.29, 1.82) is 0 Å². The first-order chi connectivity index (χ1) is 24.8. The number of anilines is 2. The van der Waals surface area contributed by atoms with Crippen molar-refractivity contribution in [2.24, 2.45) is 0 Å². The zero-order valence-electron chi connectivity index (χ0n) is 27.6. The van der Waals surface area contributed by atoms with Crippen molar-refractivity contribution in [3.05, 3.63) is 147 Å². The van der Waals surface area contributed by atoms with Gasteiger partial charge in [-0.25, -0.2) is 4.98 Å². The summed E-state index contributed by atoms with van der Waals surface area (Å²) in [6.45, 7) is -0.0181. The number of ether oxygens (including phenoxy) is 4. The smallest absolute Gasteiger partial charge is 0.292 e. The van der Waals surface area contributed by atoms with Gasteiger partial charge >= 0.3 is 0 Å². The molecule has 51 heavy (non-hydrogen) atoms. The van der Waals surface area contributed by atoms with E-state index in [-0.39, 0.29) is 41.5 Å². The van der Waals surface area contributed by atoms with Crippen LogP contribution < -0.4 is 20.3 Å². The molecule has 14 heteroatoms. The Labute approximate surface area is 291 Å². The Morgan fingerprint density at radius 1 is 0.941 bits per heavy atom. The van der Waals surface area contributed by atoms with Crippen LogP contribution in [0, 0.1) is 10.1 Å². The Kier molecular flexibility index (Phi) is 9.19. The van der Waals surface area contributed by atoms with Gasteiger partial charge in [-0.2, -0.15) is 4.98 Å². The highest BCUT2D eigenvalue weighted by atomic mass is 16.6. The van der Waals surface area contributed by atoms with Crippen LogP contribution in [0.3, 0.4) is 0 Å². The van der Waals surface area contributed by atoms with E-state index in [1.807, 2.05) is 78.9 Å². The number of benzene rings is 4. The number of rotatable bonds is 12. The van der Waals surface area contributed by atoms with Gasteiger partial charge < -0.3 is 29.4 Å². The highest BCUT2D eigenvalue weighted by Crippen LogP contribution is 2.43. The Balaban J connectivity index is 1.20. The first kappa shape index (κ1) is 33.4. The van der Waals surface area contributed by atoms with Crippen LogP contribution in [0.15, 0.2) is 114 Å². The first-order valence-electron chi connectivity index (χ1n) is 16.1. The number of nitro groups is 1. The van der Waals surface area contributed by atoms with Crippen molar-refractivity contribution < 1.29 is 29.0 Å². The number of aromatic nitrogens is 4. The molecule has 0 aliphatic carbocycles. The summed E-state index contributed by atoms with van der Waals surface area (Å²) in [5.41, 5.74) is 1.01. The lowest BCUT2D eigenvalue weighted by Crippen LogP contribution is -2.38. The maximum Gasteiger partial charge on any atom is 0.292 e. The maximum absolute atomic E-state index is 13.0. The summed E-state index contributed by atoms with van der Waals surface area (Å²) in [5.74, 6) is 1.36. The number of imidazole rings is 1. The number of methoxy groups -OCH3 is 2. The van der Waals surface area contributed by atoms with Crippen LogP contribution in [-0.4, -0.2) is 62.6 Å². The van der Waals surface area contributed by atoms with E-state index in [0.29, 0.717) is 11.5 Å². The van der Waals surface area contributed by atoms with E-state index in [9.17, 15) is 20.0 Å². The molecule has 1 saturated heterocycles. The highest BCUT2D eigenvalue weighted by molar-refractivity contribution is 5.73. The summed E-state index contributed by atoms with van der Waals surface area (Å²) >= 11 is 0. The minimum atomic E-state index is -1.13. The maximum atomic E-state index is 13.0. The number of nitro benzene ring substituents is 1. The molecule has 0 saturated carbocycles. The number of nitrogens with zero attached hydrogens (tertiary/aromatic N) is 4. The third-order valence-corrected chi connectivity index (χ3v) is 8.94. The normalized spacial score (nSPS) is 17.4. The first-order valence-corrected chi connectivity index (χ1v) is 16.1. The van der Waals surface area contributed by atoms with Crippen molar-refractivity contribution in [2.45, 2.75) is 30.5 Å². The van der Waals surface area contributed by atoms with Gasteiger partial charge in [-0.3, -0.25) is 24.5 Å². The van der Waals surface area contributed by atoms with Gasteiger partial charge in [0.05, 0.1) is 38.2 Å². The molecule has 1 fully saturated rings. The van der Waals surface area contributed by atoms with Crippen LogP contribution in [0.1, 0.15) is 29.3 Å². The topological polar surface area (TPSA) is 176 Å². The van der Waals surface area contributed by atoms with Crippen LogP contribution in [0.2, 0.25) is 0 Å². The van der Waals surface area contributed by atoms with E-state index in [4.69, 9.17) is 18.9 Å². The second-order valence-corrected chi connectivity index (χ2v) is 11.9. The van der Waals surface area contributed by atoms with E-state index in [0.717, 1.165) is 16.7 Å². The number of hydrogen-bond acceptors (Lipinski definition) is 11. The summed E-state index contributed by atoms with van der Waals surface area (Å²) in [6.07, 6.45) is -0.895. The molecule has 6 aromatic rings. The summed E-state index contributed by atoms with van der Waals surface area (Å²) in [7, 11) is 3.22. The zero-order valence-corrected chi connectivity index (χ0v) is 27.6. The summed E-state index contributed by atoms with van der Waals surface area (Å²) in [5, 5.41) is 25.7. The average molecular weight is 691 g/mol. The Morgan fingerprint density at radius 3 is 2.18 bits per heavy atom. The molecule has 0 spiro atoms. The molecule has 4 aromatic carbocycles. The lowest BCUT2D eigenvalue weighted by Gasteiger charge is -2.37. The molecule has 0 radical (unpaired) electrons. The highest BCUT2D eigenvalue weighted by Gasteiger charge is 2.42. The fraction of sp³-hybridized carbons (Fsp3) is 0.216. The molecule has 3 atom stereocenters. The lowest BCUT2D eigenvalue weighted by atomic mass is 9.80. The second kappa shape index (κ2) is 14.0. The van der Waals surface area contributed by atoms with E-state index in [2.05, 4.69) is 20.3 Å². The molecule has 1 aliphatic rings. The van der Waals surface area contributed by atoms with Gasteiger partial charge in [0.25, 0.3) is 11.2 Å². The largest absolute Gasteiger partial charge is 0.497 e. The van der Waals surface area contributed by atoms with Gasteiger partial charge in [-0.15, -0.1) is 0 Å². The lowest BCUT2D eigenvalue weighted by molar-refractivity contribution is -0.383. The molecule has 14 nitrogen and oxygen atoms in total. The number of hydrogen-bond donors (Lipinski definition) is 3. The number of aliphatic hydroxyl groups is 1. The van der Waals surface area contributed by atoms with Gasteiger partial charge in [0, 0.05) is 12.5 Å². The predicted octanol–water partition coefficient (Wildman–Crippen LogP) is 5.45. The van der Waals surface area contributed by atoms with Gasteiger partial charge in [-0.05, 0) is 47.0 Å². The van der Waals surface area contributed by atoms with Crippen molar-refractivity contribution in [3.63, 3.8) is 0 Å². The molecule has 3 N–H and O–H groups in total. The van der Waals surface area contributed by atoms with Crippen LogP contribution in [0.4, 0.5) is 17.3 Å². The fourth-order valence-corrected chi connectivity index (χ4v) is 6.38. The third kappa shape index (κ3) is 6.38. The molecule has 260 valence electrons. The van der Waals surface area contributed by atoms with E-state index in [1.54, 1.807) is 30.9 Å². The molecular formula is C37H34N6O8. The molecule has 0 amide bonds. The van der Waals surface area contributed by atoms with Crippen LogP contribution >= 0.6 is 0 Å². The molecule has 1 aliphatic heterocycles. The van der Waals surface area contributed by atoms with Crippen LogP contribution in [-0.2, 0) is 15.1 Å². The molecule has 2 aromatic heterocycles. The van der Waals surface area contributed by atoms with E-state index >= 15 is 0 Å². The van der Waals surface area contributed by atoms with Gasteiger partial charge in [0.2, 0.25) is 5.95 Å². The molecule has 0 bridgehead atoms. The molecule has 3 heterocycles. The second-order valence-electron chi connectivity index (χ2n) is 11.9. The summed E-state index contributed by atoms with van der Waals surface area (Å²) in [6, 6.07) is 31.1. The van der Waals surface area contributed by atoms with Crippen LogP contribution in [0.5, 0.6) is 11.5 Å². The third-order valence-electron chi connectivity index (χ3n) is 8.94. The van der Waals surface area contributed by atoms with Gasteiger partial charge in [-0.1, -0.05) is 66.7 Å². The predicted molar refractivity (Wildman–Crippen MR) is 187 cm³/mol. The van der Waals surface area contributed by atoms with Crippen molar-refractivity contribution in [1.82, 2.24) is 19.5 Å². The van der Waals surface area contributed by atoms with Crippen LogP contribution in [0.25, 0.3) is 11.2 Å². The Bertz CT molecular complexity index is 2160. The quantitative estimate of drug-likeness (QED) is 0.0846. The number of para-hydroxylation sites is 2. The summed E-state index contributed by atoms with van der Waals surface area (Å²) < 4.78 is 25.8. The Morgan fingerprint density at radius 2 is 1.55 bits per heavy atom. The number of fused-ring (bicyclic) bond motifs is 1.